The fourth-order valence-electron chi connectivity index (χ4n) is 2.77. The largest absolute Gasteiger partial charge is 0.435 e. The Labute approximate surface area is 189 Å². The Balaban J connectivity index is 1.98. The number of primary amides is 1. The van der Waals surface area contributed by atoms with Gasteiger partial charge in [0.1, 0.15) is 28.3 Å². The number of alkyl halides is 2. The number of thiazole rings is 1. The van der Waals surface area contributed by atoms with Crippen LogP contribution in [0.5, 0.6) is 5.75 Å². The maximum absolute atomic E-state index is 14.0. The molecule has 32 heavy (non-hydrogen) atoms. The highest BCUT2D eigenvalue weighted by atomic mass is 35.5. The number of nitrogens with two attached hydrogens (primary N) is 2. The van der Waals surface area contributed by atoms with Crippen LogP contribution in [-0.4, -0.2) is 29.3 Å². The summed E-state index contributed by atoms with van der Waals surface area (Å²) in [5.41, 5.74) is 11.7. The maximum Gasteiger partial charge on any atom is 0.387 e. The summed E-state index contributed by atoms with van der Waals surface area (Å²) in [6.07, 6.45) is 0. The average Bonchev–Trinajstić information content (AvgIpc) is 3.11. The summed E-state index contributed by atoms with van der Waals surface area (Å²) in [5.74, 6) is -2.21. The number of benzene rings is 2. The Morgan fingerprint density at radius 1 is 1.19 bits per heavy atom. The van der Waals surface area contributed by atoms with Gasteiger partial charge in [-0.25, -0.2) is 9.37 Å². The van der Waals surface area contributed by atoms with Crippen molar-refractivity contribution in [1.82, 2.24) is 4.98 Å². The summed E-state index contributed by atoms with van der Waals surface area (Å²) in [7, 11) is 0. The highest BCUT2D eigenvalue weighted by Gasteiger charge is 2.28. The molecule has 1 atom stereocenters. The van der Waals surface area contributed by atoms with Crippen LogP contribution >= 0.6 is 22.9 Å². The number of aromatic nitrogens is 1. The van der Waals surface area contributed by atoms with Crippen molar-refractivity contribution in [3.63, 3.8) is 0 Å². The summed E-state index contributed by atoms with van der Waals surface area (Å²) in [6, 6.07) is 7.95. The number of amides is 1. The topological polar surface area (TPSA) is 112 Å². The van der Waals surface area contributed by atoms with Crippen LogP contribution in [0.4, 0.5) is 29.8 Å². The van der Waals surface area contributed by atoms with Gasteiger partial charge >= 0.3 is 6.61 Å². The van der Waals surface area contributed by atoms with E-state index in [0.29, 0.717) is 0 Å². The second-order valence-corrected chi connectivity index (χ2v) is 7.87. The summed E-state index contributed by atoms with van der Waals surface area (Å²) in [5, 5.41) is 0.00532. The van der Waals surface area contributed by atoms with Crippen molar-refractivity contribution in [2.24, 2.45) is 5.73 Å². The lowest BCUT2D eigenvalue weighted by atomic mass is 10.1. The van der Waals surface area contributed by atoms with Gasteiger partial charge in [0.15, 0.2) is 5.13 Å². The molecule has 7 nitrogen and oxygen atoms in total. The van der Waals surface area contributed by atoms with Gasteiger partial charge in [-0.15, -0.1) is 0 Å². The lowest BCUT2D eigenvalue weighted by molar-refractivity contribution is -0.118. The Hall–Kier alpha value is -3.31. The average molecular weight is 485 g/mol. The number of carbonyl (C=O) groups is 2. The molecule has 0 bridgehead atoms. The monoisotopic (exact) mass is 484 g/mol. The second kappa shape index (κ2) is 9.45. The first-order valence-corrected chi connectivity index (χ1v) is 10.2. The van der Waals surface area contributed by atoms with Crippen molar-refractivity contribution in [1.29, 1.82) is 0 Å². The molecule has 1 heterocycles. The Morgan fingerprint density at radius 3 is 2.41 bits per heavy atom. The second-order valence-electron chi connectivity index (χ2n) is 6.49. The summed E-state index contributed by atoms with van der Waals surface area (Å²) >= 11 is 6.60. The van der Waals surface area contributed by atoms with Crippen LogP contribution in [0.2, 0.25) is 5.02 Å². The Kier molecular flexibility index (Phi) is 6.90. The van der Waals surface area contributed by atoms with E-state index < -0.39 is 30.2 Å². The molecule has 0 saturated heterocycles. The zero-order chi connectivity index (χ0) is 23.6. The molecule has 1 unspecified atom stereocenters. The van der Waals surface area contributed by atoms with Crippen LogP contribution in [0.15, 0.2) is 42.5 Å². The van der Waals surface area contributed by atoms with Gasteiger partial charge in [0.2, 0.25) is 11.7 Å². The Morgan fingerprint density at radius 2 is 1.84 bits per heavy atom. The highest BCUT2D eigenvalue weighted by molar-refractivity contribution is 7.18. The van der Waals surface area contributed by atoms with Crippen LogP contribution in [0.3, 0.4) is 0 Å². The van der Waals surface area contributed by atoms with E-state index in [1.54, 1.807) is 0 Å². The first-order chi connectivity index (χ1) is 15.1. The van der Waals surface area contributed by atoms with Gasteiger partial charge in [0, 0.05) is 11.3 Å². The molecule has 1 amide bonds. The van der Waals surface area contributed by atoms with E-state index in [1.807, 2.05) is 0 Å². The molecule has 168 valence electrons. The van der Waals surface area contributed by atoms with E-state index in [2.05, 4.69) is 9.72 Å². The van der Waals surface area contributed by atoms with Crippen LogP contribution < -0.4 is 21.1 Å². The molecule has 3 aromatic rings. The minimum atomic E-state index is -2.99. The quantitative estimate of drug-likeness (QED) is 0.459. The SMILES string of the molecule is CC(C(N)=O)N(c1ccc(Cl)c(F)c1)c1nc(N)c(C(=O)c2ccc(OC(F)F)cc2)s1. The molecule has 0 spiro atoms. The third kappa shape index (κ3) is 4.94. The molecule has 0 fully saturated rings. The summed E-state index contributed by atoms with van der Waals surface area (Å²) in [4.78, 5) is 30.3. The normalized spacial score (nSPS) is 11.9. The lowest BCUT2D eigenvalue weighted by Gasteiger charge is -2.26. The van der Waals surface area contributed by atoms with Gasteiger partial charge in [0.25, 0.3) is 0 Å². The van der Waals surface area contributed by atoms with Gasteiger partial charge in [-0.2, -0.15) is 8.78 Å². The van der Waals surface area contributed by atoms with Crippen LogP contribution in [0.25, 0.3) is 0 Å². The molecule has 1 aromatic heterocycles. The van der Waals surface area contributed by atoms with Crippen molar-refractivity contribution in [3.8, 4) is 5.75 Å². The van der Waals surface area contributed by atoms with E-state index in [-0.39, 0.29) is 37.8 Å². The number of anilines is 3. The standard InChI is InChI=1S/C20H16ClF3N4O3S/c1-9(18(26)30)28(11-4-7-13(21)14(22)8-11)20-27-17(25)16(32-20)15(29)10-2-5-12(6-3-10)31-19(23)24/h2-9,19H,25H2,1H3,(H2,26,30). The highest BCUT2D eigenvalue weighted by Crippen LogP contribution is 2.37. The van der Waals surface area contributed by atoms with Gasteiger partial charge in [-0.1, -0.05) is 22.9 Å². The number of ketones is 1. The number of halogens is 4. The van der Waals surface area contributed by atoms with E-state index in [9.17, 15) is 22.8 Å². The fourth-order valence-corrected chi connectivity index (χ4v) is 3.93. The van der Waals surface area contributed by atoms with Gasteiger partial charge < -0.3 is 21.1 Å². The lowest BCUT2D eigenvalue weighted by Crippen LogP contribution is -2.40. The van der Waals surface area contributed by atoms with Crippen molar-refractivity contribution < 1.29 is 27.5 Å². The minimum Gasteiger partial charge on any atom is -0.435 e. The van der Waals surface area contributed by atoms with Crippen molar-refractivity contribution in [2.45, 2.75) is 19.6 Å². The molecule has 0 aliphatic carbocycles. The molecular weight excluding hydrogens is 469 g/mol. The first-order valence-electron chi connectivity index (χ1n) is 8.98. The molecule has 0 aliphatic rings. The third-order valence-electron chi connectivity index (χ3n) is 4.38. The van der Waals surface area contributed by atoms with Crippen LogP contribution in [0, 0.1) is 5.82 Å². The summed E-state index contributed by atoms with van der Waals surface area (Å²) in [6.45, 7) is -1.51. The van der Waals surface area contributed by atoms with Gasteiger partial charge in [0.05, 0.1) is 5.02 Å². The molecule has 2 aromatic carbocycles. The van der Waals surface area contributed by atoms with E-state index in [0.717, 1.165) is 17.4 Å². The number of hydrogen-bond acceptors (Lipinski definition) is 7. The molecule has 4 N–H and O–H groups in total. The van der Waals surface area contributed by atoms with E-state index in [4.69, 9.17) is 23.1 Å². The van der Waals surface area contributed by atoms with Gasteiger partial charge in [-0.05, 0) is 49.4 Å². The third-order valence-corrected chi connectivity index (χ3v) is 5.75. The molecular formula is C20H16ClF3N4O3S. The number of hydrogen-bond donors (Lipinski definition) is 2. The zero-order valence-corrected chi connectivity index (χ0v) is 18.0. The maximum atomic E-state index is 14.0. The predicted octanol–water partition coefficient (Wildman–Crippen LogP) is 4.36. The molecule has 3 rings (SSSR count). The number of carbonyl (C=O) groups excluding carboxylic acids is 2. The number of nitrogen functional groups attached to an aromatic ring is 1. The molecule has 0 saturated carbocycles. The fraction of sp³-hybridized carbons (Fsp3) is 0.150. The zero-order valence-electron chi connectivity index (χ0n) is 16.4. The van der Waals surface area contributed by atoms with E-state index >= 15 is 0 Å². The first kappa shape index (κ1) is 23.4. The number of ether oxygens (including phenoxy) is 1. The van der Waals surface area contributed by atoms with Crippen molar-refractivity contribution in [2.75, 3.05) is 10.6 Å². The van der Waals surface area contributed by atoms with Crippen LogP contribution in [0.1, 0.15) is 22.2 Å². The van der Waals surface area contributed by atoms with Gasteiger partial charge in [-0.3, -0.25) is 9.59 Å². The molecule has 0 radical (unpaired) electrons. The van der Waals surface area contributed by atoms with E-state index in [1.165, 1.54) is 48.2 Å². The van der Waals surface area contributed by atoms with Crippen molar-refractivity contribution >= 4 is 51.3 Å². The number of rotatable bonds is 8. The Bertz CT molecular complexity index is 1160. The van der Waals surface area contributed by atoms with Crippen LogP contribution in [-0.2, 0) is 4.79 Å². The molecule has 0 aliphatic heterocycles. The van der Waals surface area contributed by atoms with Crippen molar-refractivity contribution in [3.05, 3.63) is 63.7 Å². The minimum absolute atomic E-state index is 0.0404. The number of nitrogens with zero attached hydrogens (tertiary/aromatic N) is 2. The molecule has 12 heteroatoms. The summed E-state index contributed by atoms with van der Waals surface area (Å²) < 4.78 is 42.9. The smallest absolute Gasteiger partial charge is 0.387 e. The predicted molar refractivity (Wildman–Crippen MR) is 115 cm³/mol.